The second-order valence-corrected chi connectivity index (χ2v) is 9.94. The fourth-order valence-corrected chi connectivity index (χ4v) is 4.69. The summed E-state index contributed by atoms with van der Waals surface area (Å²) in [7, 11) is 0. The molecule has 0 unspecified atom stereocenters. The molecule has 0 saturated heterocycles. The lowest BCUT2D eigenvalue weighted by Gasteiger charge is -2.29. The van der Waals surface area contributed by atoms with E-state index in [1.165, 1.54) is 0 Å². The highest BCUT2D eigenvalue weighted by Gasteiger charge is 2.52. The standard InChI is InChI=1S/C36H33NO8/c1-3-43-34(41)36(35(42)44-4-2,27-15-9-6-10-16-27)24-45-31(38)23-25-19-21-28(22-20-25)37-33(40)30-18-12-11-17-29(30)32(39)26-13-7-5-8-14-26/h5-22H,3-4,23-24H2,1-2H3,(H,37,40). The maximum Gasteiger partial charge on any atom is 0.331 e. The summed E-state index contributed by atoms with van der Waals surface area (Å²) in [5, 5.41) is 2.79. The van der Waals surface area contributed by atoms with Crippen molar-refractivity contribution >= 4 is 35.3 Å². The summed E-state index contributed by atoms with van der Waals surface area (Å²) >= 11 is 0. The molecule has 9 heteroatoms. The van der Waals surface area contributed by atoms with E-state index in [0.717, 1.165) is 0 Å². The molecule has 0 aromatic heterocycles. The molecule has 0 bridgehead atoms. The molecule has 0 spiro atoms. The molecule has 0 saturated carbocycles. The maximum atomic E-state index is 13.1. The minimum atomic E-state index is -1.99. The van der Waals surface area contributed by atoms with Gasteiger partial charge in [-0.1, -0.05) is 91.0 Å². The molecule has 9 nitrogen and oxygen atoms in total. The second-order valence-electron chi connectivity index (χ2n) is 9.94. The molecule has 45 heavy (non-hydrogen) atoms. The topological polar surface area (TPSA) is 125 Å². The van der Waals surface area contributed by atoms with Gasteiger partial charge in [-0.15, -0.1) is 0 Å². The summed E-state index contributed by atoms with van der Waals surface area (Å²) in [5.74, 6) is -3.17. The molecule has 230 valence electrons. The van der Waals surface area contributed by atoms with Crippen molar-refractivity contribution in [3.8, 4) is 0 Å². The lowest BCUT2D eigenvalue weighted by Crippen LogP contribution is -2.50. The number of amides is 1. The Balaban J connectivity index is 1.44. The zero-order valence-corrected chi connectivity index (χ0v) is 25.0. The average Bonchev–Trinajstić information content (AvgIpc) is 3.07. The van der Waals surface area contributed by atoms with Gasteiger partial charge in [0.25, 0.3) is 5.91 Å². The van der Waals surface area contributed by atoms with Crippen LogP contribution in [0.3, 0.4) is 0 Å². The van der Waals surface area contributed by atoms with Crippen molar-refractivity contribution in [2.24, 2.45) is 0 Å². The highest BCUT2D eigenvalue weighted by Crippen LogP contribution is 2.29. The van der Waals surface area contributed by atoms with Crippen molar-refractivity contribution in [2.75, 3.05) is 25.1 Å². The van der Waals surface area contributed by atoms with Gasteiger partial charge in [0, 0.05) is 16.8 Å². The van der Waals surface area contributed by atoms with Crippen LogP contribution in [-0.2, 0) is 40.4 Å². The van der Waals surface area contributed by atoms with Gasteiger partial charge in [-0.05, 0) is 43.2 Å². The molecule has 0 aliphatic heterocycles. The Morgan fingerprint density at radius 2 is 1.16 bits per heavy atom. The number of rotatable bonds is 13. The normalized spacial score (nSPS) is 10.8. The average molecular weight is 608 g/mol. The van der Waals surface area contributed by atoms with Crippen LogP contribution in [0.2, 0.25) is 0 Å². The van der Waals surface area contributed by atoms with Crippen LogP contribution in [0, 0.1) is 0 Å². The molecule has 1 N–H and O–H groups in total. The molecule has 4 rings (SSSR count). The van der Waals surface area contributed by atoms with Crippen LogP contribution in [0.15, 0.2) is 109 Å². The number of anilines is 1. The molecule has 1 amide bonds. The van der Waals surface area contributed by atoms with Crippen molar-refractivity contribution in [1.29, 1.82) is 0 Å². The van der Waals surface area contributed by atoms with E-state index < -0.39 is 35.8 Å². The maximum absolute atomic E-state index is 13.1. The van der Waals surface area contributed by atoms with Crippen LogP contribution in [-0.4, -0.2) is 49.4 Å². The monoisotopic (exact) mass is 607 g/mol. The molecule has 4 aromatic carbocycles. The van der Waals surface area contributed by atoms with E-state index in [1.807, 2.05) is 6.07 Å². The minimum absolute atomic E-state index is 0.0125. The second kappa shape index (κ2) is 15.2. The third-order valence-corrected chi connectivity index (χ3v) is 6.98. The number of ketones is 1. The Morgan fingerprint density at radius 1 is 0.622 bits per heavy atom. The molecule has 0 aliphatic carbocycles. The fourth-order valence-electron chi connectivity index (χ4n) is 4.69. The number of hydrogen-bond donors (Lipinski definition) is 1. The lowest BCUT2D eigenvalue weighted by molar-refractivity contribution is -0.170. The smallest absolute Gasteiger partial charge is 0.331 e. The third kappa shape index (κ3) is 7.69. The Morgan fingerprint density at radius 3 is 1.73 bits per heavy atom. The van der Waals surface area contributed by atoms with Gasteiger partial charge in [-0.3, -0.25) is 24.0 Å². The van der Waals surface area contributed by atoms with Gasteiger partial charge in [0.05, 0.1) is 25.2 Å². The van der Waals surface area contributed by atoms with E-state index in [4.69, 9.17) is 14.2 Å². The summed E-state index contributed by atoms with van der Waals surface area (Å²) in [6.45, 7) is 2.64. The van der Waals surface area contributed by atoms with Gasteiger partial charge in [0.2, 0.25) is 5.41 Å². The number of carbonyl (C=O) groups excluding carboxylic acids is 5. The molecule has 4 aromatic rings. The van der Waals surface area contributed by atoms with E-state index >= 15 is 0 Å². The molecular weight excluding hydrogens is 574 g/mol. The molecular formula is C36H33NO8. The zero-order chi connectivity index (χ0) is 32.2. The molecule has 0 heterocycles. The number of carbonyl (C=O) groups is 5. The van der Waals surface area contributed by atoms with Gasteiger partial charge in [0.15, 0.2) is 5.78 Å². The molecule has 0 atom stereocenters. The van der Waals surface area contributed by atoms with Crippen LogP contribution in [0.1, 0.15) is 51.3 Å². The Labute approximate surface area is 261 Å². The summed E-state index contributed by atoms with van der Waals surface area (Å²) in [6, 6.07) is 30.0. The zero-order valence-electron chi connectivity index (χ0n) is 25.0. The fraction of sp³-hybridized carbons (Fsp3) is 0.194. The van der Waals surface area contributed by atoms with Crippen molar-refractivity contribution in [1.82, 2.24) is 0 Å². The first-order chi connectivity index (χ1) is 21.8. The first-order valence-electron chi connectivity index (χ1n) is 14.4. The van der Waals surface area contributed by atoms with Crippen LogP contribution in [0.5, 0.6) is 0 Å². The molecule has 0 radical (unpaired) electrons. The van der Waals surface area contributed by atoms with Crippen LogP contribution < -0.4 is 5.32 Å². The van der Waals surface area contributed by atoms with Crippen LogP contribution >= 0.6 is 0 Å². The van der Waals surface area contributed by atoms with Gasteiger partial charge < -0.3 is 19.5 Å². The van der Waals surface area contributed by atoms with Gasteiger partial charge in [-0.2, -0.15) is 0 Å². The molecule has 0 aliphatic rings. The van der Waals surface area contributed by atoms with Crippen molar-refractivity contribution in [2.45, 2.75) is 25.7 Å². The Bertz CT molecular complexity index is 1630. The minimum Gasteiger partial charge on any atom is -0.465 e. The Kier molecular flexibility index (Phi) is 11.0. The predicted molar refractivity (Wildman–Crippen MR) is 167 cm³/mol. The summed E-state index contributed by atoms with van der Waals surface area (Å²) < 4.78 is 15.9. The van der Waals surface area contributed by atoms with Crippen LogP contribution in [0.25, 0.3) is 0 Å². The number of ether oxygens (including phenoxy) is 3. The van der Waals surface area contributed by atoms with E-state index in [1.54, 1.807) is 117 Å². The first kappa shape index (κ1) is 32.3. The summed E-state index contributed by atoms with van der Waals surface area (Å²) in [4.78, 5) is 65.3. The Hall–Kier alpha value is -5.57. The van der Waals surface area contributed by atoms with Crippen molar-refractivity contribution in [3.05, 3.63) is 137 Å². The molecule has 0 fully saturated rings. The number of benzene rings is 4. The quantitative estimate of drug-likeness (QED) is 0.0937. The van der Waals surface area contributed by atoms with E-state index in [9.17, 15) is 24.0 Å². The summed E-state index contributed by atoms with van der Waals surface area (Å²) in [6.07, 6.45) is -0.168. The van der Waals surface area contributed by atoms with Crippen LogP contribution in [0.4, 0.5) is 5.69 Å². The number of hydrogen-bond acceptors (Lipinski definition) is 8. The van der Waals surface area contributed by atoms with E-state index in [-0.39, 0.29) is 42.1 Å². The van der Waals surface area contributed by atoms with Gasteiger partial charge >= 0.3 is 17.9 Å². The van der Waals surface area contributed by atoms with E-state index in [0.29, 0.717) is 16.8 Å². The highest BCUT2D eigenvalue weighted by atomic mass is 16.6. The van der Waals surface area contributed by atoms with Gasteiger partial charge in [0.1, 0.15) is 6.61 Å². The van der Waals surface area contributed by atoms with E-state index in [2.05, 4.69) is 5.32 Å². The first-order valence-corrected chi connectivity index (χ1v) is 14.4. The van der Waals surface area contributed by atoms with Crippen molar-refractivity contribution < 1.29 is 38.2 Å². The SMILES string of the molecule is CCOC(=O)C(COC(=O)Cc1ccc(NC(=O)c2ccccc2C(=O)c2ccccc2)cc1)(C(=O)OCC)c1ccccc1. The van der Waals surface area contributed by atoms with Crippen molar-refractivity contribution in [3.63, 3.8) is 0 Å². The predicted octanol–water partition coefficient (Wildman–Crippen LogP) is 5.32. The highest BCUT2D eigenvalue weighted by molar-refractivity contribution is 6.17. The summed E-state index contributed by atoms with van der Waals surface area (Å²) in [5.41, 5.74) is 0.278. The largest absolute Gasteiger partial charge is 0.465 e. The lowest BCUT2D eigenvalue weighted by atomic mass is 9.81. The number of nitrogens with one attached hydrogen (secondary N) is 1. The van der Waals surface area contributed by atoms with Gasteiger partial charge in [-0.25, -0.2) is 0 Å². The third-order valence-electron chi connectivity index (χ3n) is 6.98. The number of esters is 3.